The van der Waals surface area contributed by atoms with E-state index in [-0.39, 0.29) is 5.39 Å². The molecule has 0 saturated heterocycles. The van der Waals surface area contributed by atoms with Gasteiger partial charge in [0.2, 0.25) is 0 Å². The molecule has 0 spiro atoms. The average molecular weight is 394 g/mol. The van der Waals surface area contributed by atoms with Gasteiger partial charge in [-0.25, -0.2) is 17.8 Å². The molecule has 2 aromatic rings. The molecule has 11 heteroatoms. The summed E-state index contributed by atoms with van der Waals surface area (Å²) in [7, 11) is -3.75. The third-order valence-corrected chi connectivity index (χ3v) is 4.50. The standard InChI is InChI=1S/C15H17F3N2O5S/c1-7(2)12(21)8-4-9-11(5-10(8)15(16,17)18)19-14(23)20(13(9)22)6-26(3,24)25/h4-5,7,12,21H,6H2,1-3H3,(H,19,23). The van der Waals surface area contributed by atoms with Crippen LogP contribution in [0.1, 0.15) is 31.1 Å². The van der Waals surface area contributed by atoms with Gasteiger partial charge in [-0.05, 0) is 23.6 Å². The molecule has 2 rings (SSSR count). The molecule has 1 unspecified atom stereocenters. The number of fused-ring (bicyclic) bond motifs is 1. The minimum absolute atomic E-state index is 0.323. The summed E-state index contributed by atoms with van der Waals surface area (Å²) in [4.78, 5) is 26.5. The zero-order valence-corrected chi connectivity index (χ0v) is 14.9. The van der Waals surface area contributed by atoms with E-state index in [4.69, 9.17) is 0 Å². The molecule has 144 valence electrons. The first kappa shape index (κ1) is 20.2. The van der Waals surface area contributed by atoms with Crippen molar-refractivity contribution >= 4 is 20.7 Å². The average Bonchev–Trinajstić information content (AvgIpc) is 2.47. The lowest BCUT2D eigenvalue weighted by molar-refractivity contribution is -0.139. The maximum Gasteiger partial charge on any atom is 0.416 e. The van der Waals surface area contributed by atoms with E-state index in [0.717, 1.165) is 12.3 Å². The van der Waals surface area contributed by atoms with Crippen molar-refractivity contribution in [3.8, 4) is 0 Å². The molecule has 2 N–H and O–H groups in total. The number of sulfone groups is 1. The monoisotopic (exact) mass is 394 g/mol. The molecule has 0 aliphatic rings. The molecule has 1 heterocycles. The van der Waals surface area contributed by atoms with E-state index >= 15 is 0 Å². The molecule has 0 bridgehead atoms. The Hall–Kier alpha value is -2.14. The first-order chi connectivity index (χ1) is 11.7. The number of H-pyrrole nitrogens is 1. The van der Waals surface area contributed by atoms with Gasteiger partial charge >= 0.3 is 11.9 Å². The molecule has 1 aromatic heterocycles. The lowest BCUT2D eigenvalue weighted by Gasteiger charge is -2.21. The number of aromatic nitrogens is 2. The third-order valence-electron chi connectivity index (χ3n) is 3.77. The molecule has 0 aliphatic carbocycles. The minimum Gasteiger partial charge on any atom is -0.388 e. The fourth-order valence-electron chi connectivity index (χ4n) is 2.52. The highest BCUT2D eigenvalue weighted by atomic mass is 32.2. The second-order valence-corrected chi connectivity index (χ2v) is 8.50. The van der Waals surface area contributed by atoms with Crippen LogP contribution in [0.5, 0.6) is 0 Å². The fourth-order valence-corrected chi connectivity index (χ4v) is 3.22. The van der Waals surface area contributed by atoms with Gasteiger partial charge in [-0.3, -0.25) is 4.79 Å². The number of aromatic amines is 1. The molecular formula is C15H17F3N2O5S. The molecular weight excluding hydrogens is 377 g/mol. The summed E-state index contributed by atoms with van der Waals surface area (Å²) in [5.74, 6) is -1.49. The number of aliphatic hydroxyl groups is 1. The Labute approximate surface area is 146 Å². The lowest BCUT2D eigenvalue weighted by atomic mass is 9.93. The molecule has 0 aliphatic heterocycles. The Kier molecular flexibility index (Phi) is 5.08. The SMILES string of the molecule is CC(C)C(O)c1cc2c(=O)n(CS(C)(=O)=O)c(=O)[nH]c2cc1C(F)(F)F. The Morgan fingerprint density at radius 2 is 1.81 bits per heavy atom. The maximum absolute atomic E-state index is 13.3. The second kappa shape index (κ2) is 6.54. The van der Waals surface area contributed by atoms with Gasteiger partial charge in [0.1, 0.15) is 5.88 Å². The summed E-state index contributed by atoms with van der Waals surface area (Å²) < 4.78 is 63.2. The number of nitrogens with zero attached hydrogens (tertiary/aromatic N) is 1. The van der Waals surface area contributed by atoms with Crippen LogP contribution in [-0.2, 0) is 21.9 Å². The van der Waals surface area contributed by atoms with Crippen LogP contribution >= 0.6 is 0 Å². The zero-order valence-electron chi connectivity index (χ0n) is 14.1. The van der Waals surface area contributed by atoms with Crippen molar-refractivity contribution in [2.75, 3.05) is 6.26 Å². The normalized spacial score (nSPS) is 14.2. The number of hydrogen-bond acceptors (Lipinski definition) is 5. The molecule has 26 heavy (non-hydrogen) atoms. The van der Waals surface area contributed by atoms with Crippen molar-refractivity contribution < 1.29 is 26.7 Å². The van der Waals surface area contributed by atoms with Gasteiger partial charge in [0.25, 0.3) is 5.56 Å². The van der Waals surface area contributed by atoms with E-state index in [1.54, 1.807) is 0 Å². The van der Waals surface area contributed by atoms with Crippen LogP contribution in [0.3, 0.4) is 0 Å². The highest BCUT2D eigenvalue weighted by Gasteiger charge is 2.36. The third kappa shape index (κ3) is 3.98. The van der Waals surface area contributed by atoms with Gasteiger partial charge in [-0.2, -0.15) is 13.2 Å². The highest BCUT2D eigenvalue weighted by molar-refractivity contribution is 7.89. The van der Waals surface area contributed by atoms with Crippen LogP contribution in [0, 0.1) is 5.92 Å². The summed E-state index contributed by atoms with van der Waals surface area (Å²) in [6, 6.07) is 1.42. The Balaban J connectivity index is 2.91. The number of hydrogen-bond donors (Lipinski definition) is 2. The van der Waals surface area contributed by atoms with Gasteiger partial charge in [0.05, 0.1) is 22.6 Å². The number of nitrogens with one attached hydrogen (secondary N) is 1. The summed E-state index contributed by atoms with van der Waals surface area (Å²) in [5, 5.41) is 9.80. The summed E-state index contributed by atoms with van der Waals surface area (Å²) >= 11 is 0. The van der Waals surface area contributed by atoms with Crippen molar-refractivity contribution in [3.05, 3.63) is 44.1 Å². The van der Waals surface area contributed by atoms with E-state index in [1.807, 2.05) is 0 Å². The first-order valence-corrected chi connectivity index (χ1v) is 9.52. The van der Waals surface area contributed by atoms with Crippen LogP contribution in [0.4, 0.5) is 13.2 Å². The Morgan fingerprint density at radius 1 is 1.23 bits per heavy atom. The van der Waals surface area contributed by atoms with Crippen LogP contribution in [0.2, 0.25) is 0 Å². The largest absolute Gasteiger partial charge is 0.416 e. The predicted molar refractivity (Wildman–Crippen MR) is 88.5 cm³/mol. The highest BCUT2D eigenvalue weighted by Crippen LogP contribution is 2.38. The first-order valence-electron chi connectivity index (χ1n) is 7.46. The molecule has 0 radical (unpaired) electrons. The van der Waals surface area contributed by atoms with Crippen molar-refractivity contribution in [3.63, 3.8) is 0 Å². The molecule has 1 atom stereocenters. The summed E-state index contributed by atoms with van der Waals surface area (Å²) in [5.41, 5.74) is -4.28. The smallest absolute Gasteiger partial charge is 0.388 e. The number of halogens is 3. The fraction of sp³-hybridized carbons (Fsp3) is 0.467. The topological polar surface area (TPSA) is 109 Å². The van der Waals surface area contributed by atoms with E-state index < -0.39 is 61.8 Å². The Bertz CT molecular complexity index is 1070. The van der Waals surface area contributed by atoms with Gasteiger partial charge in [0, 0.05) is 6.26 Å². The van der Waals surface area contributed by atoms with Crippen molar-refractivity contribution in [2.24, 2.45) is 5.92 Å². The number of aliphatic hydroxyl groups excluding tert-OH is 1. The van der Waals surface area contributed by atoms with Crippen LogP contribution in [-0.4, -0.2) is 29.3 Å². The van der Waals surface area contributed by atoms with E-state index in [9.17, 15) is 36.3 Å². The second-order valence-electron chi connectivity index (χ2n) is 6.39. The number of benzene rings is 1. The summed E-state index contributed by atoms with van der Waals surface area (Å²) in [6.45, 7) is 3.01. The maximum atomic E-state index is 13.3. The quantitative estimate of drug-likeness (QED) is 0.815. The number of alkyl halides is 3. The predicted octanol–water partition coefficient (Wildman–Crippen LogP) is 1.40. The zero-order chi connectivity index (χ0) is 20.0. The van der Waals surface area contributed by atoms with Crippen LogP contribution in [0.25, 0.3) is 10.9 Å². The molecule has 1 aromatic carbocycles. The van der Waals surface area contributed by atoms with Gasteiger partial charge in [-0.15, -0.1) is 0 Å². The van der Waals surface area contributed by atoms with Crippen LogP contribution in [0.15, 0.2) is 21.7 Å². The summed E-state index contributed by atoms with van der Waals surface area (Å²) in [6.07, 6.45) is -5.52. The van der Waals surface area contributed by atoms with Gasteiger partial charge in [-0.1, -0.05) is 13.8 Å². The van der Waals surface area contributed by atoms with E-state index in [0.29, 0.717) is 10.6 Å². The molecule has 0 saturated carbocycles. The van der Waals surface area contributed by atoms with Crippen LogP contribution < -0.4 is 11.2 Å². The van der Waals surface area contributed by atoms with Gasteiger partial charge < -0.3 is 10.1 Å². The van der Waals surface area contributed by atoms with Crippen molar-refractivity contribution in [2.45, 2.75) is 32.0 Å². The molecule has 0 fully saturated rings. The molecule has 0 amide bonds. The van der Waals surface area contributed by atoms with Gasteiger partial charge in [0.15, 0.2) is 9.84 Å². The minimum atomic E-state index is -4.82. The Morgan fingerprint density at radius 3 is 2.27 bits per heavy atom. The van der Waals surface area contributed by atoms with Crippen molar-refractivity contribution in [1.82, 2.24) is 9.55 Å². The molecule has 7 nitrogen and oxygen atoms in total. The van der Waals surface area contributed by atoms with Crippen molar-refractivity contribution in [1.29, 1.82) is 0 Å². The number of rotatable bonds is 4. The lowest BCUT2D eigenvalue weighted by Crippen LogP contribution is -2.37. The van der Waals surface area contributed by atoms with E-state index in [1.165, 1.54) is 13.8 Å². The van der Waals surface area contributed by atoms with E-state index in [2.05, 4.69) is 4.98 Å².